The number of nitrogens with zero attached hydrogens (tertiary/aromatic N) is 3. The van der Waals surface area contributed by atoms with E-state index in [4.69, 9.17) is 4.98 Å². The zero-order valence-electron chi connectivity index (χ0n) is 18.8. The van der Waals surface area contributed by atoms with Gasteiger partial charge in [-0.15, -0.1) is 0 Å². The van der Waals surface area contributed by atoms with E-state index in [0.717, 1.165) is 56.2 Å². The van der Waals surface area contributed by atoms with Crippen molar-refractivity contribution in [1.82, 2.24) is 20.3 Å². The summed E-state index contributed by atoms with van der Waals surface area (Å²) in [6, 6.07) is 3.95. The van der Waals surface area contributed by atoms with Crippen LogP contribution in [0.1, 0.15) is 57.4 Å². The number of hydrogen-bond acceptors (Lipinski definition) is 8. The molecule has 1 aliphatic heterocycles. The van der Waals surface area contributed by atoms with E-state index in [1.807, 2.05) is 12.1 Å². The molecule has 3 heterocycles. The number of carbonyl (C=O) groups excluding carboxylic acids is 2. The van der Waals surface area contributed by atoms with Crippen LogP contribution in [0.15, 0.2) is 30.1 Å². The molecule has 4 N–H and O–H groups in total. The van der Waals surface area contributed by atoms with Crippen molar-refractivity contribution in [1.29, 1.82) is 0 Å². The van der Waals surface area contributed by atoms with Crippen LogP contribution in [0.2, 0.25) is 0 Å². The highest BCUT2D eigenvalue weighted by Gasteiger charge is 2.24. The third-order valence-electron chi connectivity index (χ3n) is 5.94. The van der Waals surface area contributed by atoms with Crippen molar-refractivity contribution in [2.24, 2.45) is 0 Å². The Labute approximate surface area is 193 Å². The van der Waals surface area contributed by atoms with E-state index in [9.17, 15) is 14.7 Å². The summed E-state index contributed by atoms with van der Waals surface area (Å²) in [5, 5.41) is 18.9. The van der Waals surface area contributed by atoms with Gasteiger partial charge in [-0.3, -0.25) is 19.9 Å². The van der Waals surface area contributed by atoms with E-state index in [-0.39, 0.29) is 30.4 Å². The van der Waals surface area contributed by atoms with E-state index < -0.39 is 0 Å². The SMILES string of the molecule is CCCCNc1ncc(-c2ccc(C=C3CC(=O)NC3=O)cn2)c(NC2CCC(O)CC2)n1. The molecule has 9 nitrogen and oxygen atoms in total. The molecule has 9 heteroatoms. The standard InChI is InChI=1S/C24H30N6O3/c1-2-3-10-25-24-27-14-19(22(30-24)28-17-5-7-18(31)8-6-17)20-9-4-15(13-26-20)11-16-12-21(32)29-23(16)33/h4,9,11,13-14,17-18,31H,2-3,5-8,10,12H2,1H3,(H,29,32,33)(H2,25,27,28,30). The molecule has 2 amide bonds. The van der Waals surface area contributed by atoms with Gasteiger partial charge in [0.05, 0.1) is 23.8 Å². The predicted octanol–water partition coefficient (Wildman–Crippen LogP) is 2.90. The summed E-state index contributed by atoms with van der Waals surface area (Å²) in [6.45, 7) is 2.95. The number of hydrogen-bond donors (Lipinski definition) is 4. The molecule has 33 heavy (non-hydrogen) atoms. The molecular weight excluding hydrogens is 420 g/mol. The van der Waals surface area contributed by atoms with Crippen LogP contribution in [0.4, 0.5) is 11.8 Å². The van der Waals surface area contributed by atoms with E-state index in [2.05, 4.69) is 32.8 Å². The normalized spacial score (nSPS) is 21.8. The van der Waals surface area contributed by atoms with Gasteiger partial charge in [0.15, 0.2) is 0 Å². The maximum absolute atomic E-state index is 11.8. The Balaban J connectivity index is 1.56. The second kappa shape index (κ2) is 10.5. The molecule has 0 unspecified atom stereocenters. The van der Waals surface area contributed by atoms with Crippen molar-refractivity contribution in [3.8, 4) is 11.3 Å². The van der Waals surface area contributed by atoms with Crippen LogP contribution in [0.25, 0.3) is 17.3 Å². The number of unbranched alkanes of at least 4 members (excludes halogenated alkanes) is 1. The first-order chi connectivity index (χ1) is 16.0. The average molecular weight is 451 g/mol. The van der Waals surface area contributed by atoms with Crippen molar-refractivity contribution < 1.29 is 14.7 Å². The third-order valence-corrected chi connectivity index (χ3v) is 5.94. The van der Waals surface area contributed by atoms with Gasteiger partial charge >= 0.3 is 0 Å². The Morgan fingerprint density at radius 1 is 1.15 bits per heavy atom. The van der Waals surface area contributed by atoms with E-state index in [1.165, 1.54) is 0 Å². The molecule has 0 spiro atoms. The van der Waals surface area contributed by atoms with Crippen LogP contribution >= 0.6 is 0 Å². The van der Waals surface area contributed by atoms with Gasteiger partial charge < -0.3 is 15.7 Å². The first-order valence-corrected chi connectivity index (χ1v) is 11.6. The molecule has 1 saturated carbocycles. The molecule has 4 rings (SSSR count). The van der Waals surface area contributed by atoms with E-state index in [1.54, 1.807) is 18.5 Å². The molecule has 2 fully saturated rings. The highest BCUT2D eigenvalue weighted by molar-refractivity contribution is 6.15. The highest BCUT2D eigenvalue weighted by atomic mass is 16.3. The molecule has 0 atom stereocenters. The number of anilines is 2. The molecule has 174 valence electrons. The summed E-state index contributed by atoms with van der Waals surface area (Å²) in [5.41, 5.74) is 2.67. The minimum atomic E-state index is -0.354. The van der Waals surface area contributed by atoms with E-state index >= 15 is 0 Å². The van der Waals surface area contributed by atoms with E-state index in [0.29, 0.717) is 23.0 Å². The topological polar surface area (TPSA) is 129 Å². The zero-order chi connectivity index (χ0) is 23.2. The van der Waals surface area contributed by atoms with Crippen molar-refractivity contribution in [3.05, 3.63) is 35.7 Å². The lowest BCUT2D eigenvalue weighted by molar-refractivity contribution is -0.124. The number of rotatable bonds is 8. The van der Waals surface area contributed by atoms with Gasteiger partial charge in [-0.2, -0.15) is 4.98 Å². The van der Waals surface area contributed by atoms with Crippen LogP contribution in [-0.2, 0) is 9.59 Å². The molecule has 2 aromatic heterocycles. The van der Waals surface area contributed by atoms with Crippen molar-refractivity contribution in [2.45, 2.75) is 64.0 Å². The Morgan fingerprint density at radius 2 is 1.97 bits per heavy atom. The number of carbonyl (C=O) groups is 2. The Hall–Kier alpha value is -3.33. The summed E-state index contributed by atoms with van der Waals surface area (Å²) in [4.78, 5) is 36.9. The lowest BCUT2D eigenvalue weighted by atomic mass is 9.93. The molecule has 0 bridgehead atoms. The molecule has 1 aliphatic carbocycles. The van der Waals surface area contributed by atoms with Crippen LogP contribution in [0, 0.1) is 0 Å². The largest absolute Gasteiger partial charge is 0.393 e. The minimum absolute atomic E-state index is 0.0884. The maximum atomic E-state index is 11.8. The molecule has 2 aliphatic rings. The Bertz CT molecular complexity index is 1030. The number of aromatic nitrogens is 3. The van der Waals surface area contributed by atoms with Gasteiger partial charge in [0.1, 0.15) is 5.82 Å². The van der Waals surface area contributed by atoms with Gasteiger partial charge in [0.25, 0.3) is 5.91 Å². The molecule has 0 aromatic carbocycles. The van der Waals surface area contributed by atoms with Crippen molar-refractivity contribution in [2.75, 3.05) is 17.2 Å². The van der Waals surface area contributed by atoms with Gasteiger partial charge in [-0.1, -0.05) is 19.4 Å². The summed E-state index contributed by atoms with van der Waals surface area (Å²) in [5.74, 6) is 0.646. The fraction of sp³-hybridized carbons (Fsp3) is 0.458. The van der Waals surface area contributed by atoms with Gasteiger partial charge in [-0.05, 0) is 49.8 Å². The monoisotopic (exact) mass is 450 g/mol. The zero-order valence-corrected chi connectivity index (χ0v) is 18.8. The van der Waals surface area contributed by atoms with Gasteiger partial charge in [0, 0.05) is 30.6 Å². The molecule has 2 aromatic rings. The number of pyridine rings is 1. The number of imide groups is 1. The molecule has 0 radical (unpaired) electrons. The second-order valence-corrected chi connectivity index (χ2v) is 8.59. The summed E-state index contributed by atoms with van der Waals surface area (Å²) in [7, 11) is 0. The minimum Gasteiger partial charge on any atom is -0.393 e. The first kappa shape index (κ1) is 22.8. The number of amides is 2. The predicted molar refractivity (Wildman–Crippen MR) is 126 cm³/mol. The van der Waals surface area contributed by atoms with Crippen molar-refractivity contribution in [3.63, 3.8) is 0 Å². The van der Waals surface area contributed by atoms with Gasteiger partial charge in [0.2, 0.25) is 11.9 Å². The summed E-state index contributed by atoms with van der Waals surface area (Å²) >= 11 is 0. The number of aliphatic hydroxyl groups is 1. The lowest BCUT2D eigenvalue weighted by Gasteiger charge is -2.27. The first-order valence-electron chi connectivity index (χ1n) is 11.6. The number of aliphatic hydroxyl groups excluding tert-OH is 1. The summed E-state index contributed by atoms with van der Waals surface area (Å²) < 4.78 is 0. The van der Waals surface area contributed by atoms with Crippen LogP contribution in [0.3, 0.4) is 0 Å². The Kier molecular flexibility index (Phi) is 7.29. The fourth-order valence-electron chi connectivity index (χ4n) is 4.03. The highest BCUT2D eigenvalue weighted by Crippen LogP contribution is 2.29. The second-order valence-electron chi connectivity index (χ2n) is 8.59. The quantitative estimate of drug-likeness (QED) is 0.274. The summed E-state index contributed by atoms with van der Waals surface area (Å²) in [6.07, 6.45) is 10.4. The fourth-order valence-corrected chi connectivity index (χ4v) is 4.03. The number of nitrogens with one attached hydrogen (secondary N) is 3. The smallest absolute Gasteiger partial charge is 0.254 e. The third kappa shape index (κ3) is 5.92. The molecule has 1 saturated heterocycles. The van der Waals surface area contributed by atoms with Crippen molar-refractivity contribution >= 4 is 29.7 Å². The van der Waals surface area contributed by atoms with Crippen LogP contribution in [-0.4, -0.2) is 50.6 Å². The van der Waals surface area contributed by atoms with Crippen LogP contribution < -0.4 is 16.0 Å². The maximum Gasteiger partial charge on any atom is 0.254 e. The van der Waals surface area contributed by atoms with Gasteiger partial charge in [-0.25, -0.2) is 4.98 Å². The molecular formula is C24H30N6O3. The average Bonchev–Trinajstić information content (AvgIpc) is 3.13. The Morgan fingerprint density at radius 3 is 2.64 bits per heavy atom. The van der Waals surface area contributed by atoms with Crippen LogP contribution in [0.5, 0.6) is 0 Å². The lowest BCUT2D eigenvalue weighted by Crippen LogP contribution is -2.29.